The van der Waals surface area contributed by atoms with Crippen LogP contribution in [0.3, 0.4) is 0 Å². The van der Waals surface area contributed by atoms with Crippen molar-refractivity contribution in [1.29, 1.82) is 0 Å². The fraction of sp³-hybridized carbons (Fsp3) is 0.394. The van der Waals surface area contributed by atoms with E-state index in [1.54, 1.807) is 9.47 Å². The van der Waals surface area contributed by atoms with E-state index in [0.29, 0.717) is 56.1 Å². The third kappa shape index (κ3) is 6.06. The lowest BCUT2D eigenvalue weighted by Gasteiger charge is -2.42. The lowest BCUT2D eigenvalue weighted by atomic mass is 10.1. The molecule has 3 aromatic heterocycles. The normalized spacial score (nSPS) is 19.2. The summed E-state index contributed by atoms with van der Waals surface area (Å²) < 4.78 is 47.9. The van der Waals surface area contributed by atoms with Gasteiger partial charge in [-0.15, -0.1) is 5.10 Å². The van der Waals surface area contributed by atoms with Crippen molar-refractivity contribution < 1.29 is 32.6 Å². The van der Waals surface area contributed by atoms with Crippen molar-refractivity contribution in [2.24, 2.45) is 0 Å². The summed E-state index contributed by atoms with van der Waals surface area (Å²) in [7, 11) is 0. The van der Waals surface area contributed by atoms with Crippen molar-refractivity contribution >= 4 is 46.1 Å². The Morgan fingerprint density at radius 2 is 1.92 bits per heavy atom. The van der Waals surface area contributed by atoms with E-state index >= 15 is 0 Å². The Bertz CT molecular complexity index is 2080. The first-order chi connectivity index (χ1) is 23.9. The molecule has 262 valence electrons. The van der Waals surface area contributed by atoms with E-state index in [1.165, 1.54) is 22.8 Å². The second-order valence-corrected chi connectivity index (χ2v) is 12.8. The van der Waals surface area contributed by atoms with Gasteiger partial charge in [0, 0.05) is 31.4 Å². The fourth-order valence-electron chi connectivity index (χ4n) is 7.01. The number of fused-ring (bicyclic) bond motifs is 3. The highest BCUT2D eigenvalue weighted by Gasteiger charge is 2.44. The number of carbonyl (C=O) groups is 2. The maximum Gasteiger partial charge on any atom is 0.416 e. The second kappa shape index (κ2) is 13.1. The number of nitrogens with one attached hydrogen (secondary N) is 1. The number of hydrogen-bond donors (Lipinski definition) is 2. The zero-order valence-corrected chi connectivity index (χ0v) is 27.5. The maximum absolute atomic E-state index is 14.4. The molecule has 2 atom stereocenters. The number of alkyl halides is 3. The van der Waals surface area contributed by atoms with Crippen LogP contribution in [0.1, 0.15) is 53.8 Å². The Morgan fingerprint density at radius 1 is 1.16 bits per heavy atom. The number of likely N-dealkylation sites (tertiary alicyclic amines) is 1. The van der Waals surface area contributed by atoms with Gasteiger partial charge in [0.25, 0.3) is 11.5 Å². The first kappa shape index (κ1) is 33.5. The van der Waals surface area contributed by atoms with Crippen molar-refractivity contribution in [1.82, 2.24) is 29.0 Å². The van der Waals surface area contributed by atoms with Crippen LogP contribution in [0.15, 0.2) is 47.4 Å². The maximum atomic E-state index is 14.4. The van der Waals surface area contributed by atoms with Crippen molar-refractivity contribution in [3.8, 4) is 5.75 Å². The molecule has 13 nitrogen and oxygen atoms in total. The van der Waals surface area contributed by atoms with Crippen LogP contribution in [0.2, 0.25) is 5.02 Å². The summed E-state index contributed by atoms with van der Waals surface area (Å²) in [6, 6.07) is 5.09. The molecule has 2 bridgehead atoms. The quantitative estimate of drug-likeness (QED) is 0.288. The molecule has 17 heteroatoms. The first-order valence-corrected chi connectivity index (χ1v) is 16.5. The van der Waals surface area contributed by atoms with Gasteiger partial charge in [0.1, 0.15) is 18.0 Å². The van der Waals surface area contributed by atoms with Crippen molar-refractivity contribution in [3.63, 3.8) is 0 Å². The minimum absolute atomic E-state index is 0.00713. The highest BCUT2D eigenvalue weighted by Crippen LogP contribution is 2.37. The minimum atomic E-state index is -4.61. The van der Waals surface area contributed by atoms with Gasteiger partial charge in [0.15, 0.2) is 11.5 Å². The number of aromatic hydroxyl groups is 1. The van der Waals surface area contributed by atoms with Crippen molar-refractivity contribution in [3.05, 3.63) is 80.8 Å². The molecule has 2 amide bonds. The summed E-state index contributed by atoms with van der Waals surface area (Å²) in [6.45, 7) is 2.85. The molecule has 0 saturated carbocycles. The molecule has 7 rings (SSSR count). The fourth-order valence-corrected chi connectivity index (χ4v) is 7.24. The van der Waals surface area contributed by atoms with Crippen LogP contribution in [-0.4, -0.2) is 84.4 Å². The Balaban J connectivity index is 1.27. The molecule has 2 unspecified atom stereocenters. The van der Waals surface area contributed by atoms with Gasteiger partial charge in [-0.05, 0) is 61.6 Å². The van der Waals surface area contributed by atoms with Crippen LogP contribution in [0.5, 0.6) is 5.75 Å². The summed E-state index contributed by atoms with van der Waals surface area (Å²) in [5, 5.41) is 17.2. The molecule has 0 aliphatic carbocycles. The van der Waals surface area contributed by atoms with E-state index in [1.807, 2.05) is 17.9 Å². The van der Waals surface area contributed by atoms with Gasteiger partial charge in [-0.1, -0.05) is 24.6 Å². The van der Waals surface area contributed by atoms with Crippen LogP contribution < -0.4 is 15.8 Å². The second-order valence-electron chi connectivity index (χ2n) is 12.4. The molecule has 50 heavy (non-hydrogen) atoms. The smallest absolute Gasteiger partial charge is 0.416 e. The lowest BCUT2D eigenvalue weighted by molar-refractivity contribution is -0.137. The summed E-state index contributed by atoms with van der Waals surface area (Å²) in [5.41, 5.74) is 0.198. The average Bonchev–Trinajstić information content (AvgIpc) is 3.65. The molecule has 4 aromatic rings. The van der Waals surface area contributed by atoms with E-state index in [0.717, 1.165) is 23.8 Å². The van der Waals surface area contributed by atoms with Gasteiger partial charge in [-0.25, -0.2) is 4.98 Å². The molecule has 6 heterocycles. The molecule has 0 spiro atoms. The van der Waals surface area contributed by atoms with Crippen LogP contribution in [0.25, 0.3) is 11.4 Å². The van der Waals surface area contributed by atoms with E-state index < -0.39 is 29.1 Å². The summed E-state index contributed by atoms with van der Waals surface area (Å²) in [5.74, 6) is -0.795. The predicted octanol–water partition coefficient (Wildman–Crippen LogP) is 4.16. The standard InChI is InChI=1S/C33H32ClF3N8O5/c1-2-24-28(44-20-6-7-21(44)16-42(15-20)30(48)27-25(46)4-3-11-38-27)31(49)45-32(40-29(41-45)18-9-12-50-13-10-18)43(24)17-26(47)39-23-8-5-19(14-22(23)34)33(35,36)37/h3-5,8-9,11,14,20-21,46H,2,6-7,10,12-13,15-17H2,1H3,(H,39,47). The molecule has 2 saturated heterocycles. The number of amides is 2. The number of carbonyl (C=O) groups excluding carboxylic acids is 2. The molecular weight excluding hydrogens is 681 g/mol. The minimum Gasteiger partial charge on any atom is -0.505 e. The van der Waals surface area contributed by atoms with Crippen molar-refractivity contribution in [2.45, 2.75) is 57.4 Å². The van der Waals surface area contributed by atoms with Gasteiger partial charge in [0.05, 0.1) is 35.2 Å². The number of hydrogen-bond acceptors (Lipinski definition) is 9. The van der Waals surface area contributed by atoms with Crippen molar-refractivity contribution in [2.75, 3.05) is 36.5 Å². The van der Waals surface area contributed by atoms with Gasteiger partial charge >= 0.3 is 6.18 Å². The average molecular weight is 713 g/mol. The molecule has 2 fully saturated rings. The number of piperazine rings is 1. The number of benzene rings is 1. The van der Waals surface area contributed by atoms with Crippen LogP contribution in [-0.2, 0) is 28.7 Å². The number of rotatable bonds is 7. The number of anilines is 2. The molecular formula is C33H32ClF3N8O5. The van der Waals surface area contributed by atoms with E-state index in [2.05, 4.69) is 15.4 Å². The van der Waals surface area contributed by atoms with Gasteiger partial charge in [-0.2, -0.15) is 22.7 Å². The molecule has 0 radical (unpaired) electrons. The molecule has 3 aliphatic rings. The zero-order valence-electron chi connectivity index (χ0n) is 26.8. The number of ether oxygens (including phenoxy) is 1. The molecule has 3 aliphatic heterocycles. The SMILES string of the molecule is CCc1c(N2C3CCC2CN(C(=O)c2ncccc2O)C3)c(=O)n2nc(C3=CCOCC3)nc2n1CC(=O)Nc1ccc(C(F)(F)F)cc1Cl. The van der Waals surface area contributed by atoms with E-state index in [9.17, 15) is 32.7 Å². The largest absolute Gasteiger partial charge is 0.505 e. The Morgan fingerprint density at radius 3 is 2.56 bits per heavy atom. The number of nitrogens with zero attached hydrogens (tertiary/aromatic N) is 7. The molecule has 1 aromatic carbocycles. The van der Waals surface area contributed by atoms with Gasteiger partial charge in [-0.3, -0.25) is 14.4 Å². The third-order valence-electron chi connectivity index (χ3n) is 9.30. The summed E-state index contributed by atoms with van der Waals surface area (Å²) >= 11 is 6.14. The highest BCUT2D eigenvalue weighted by atomic mass is 35.5. The van der Waals surface area contributed by atoms with Crippen LogP contribution in [0.4, 0.5) is 24.5 Å². The van der Waals surface area contributed by atoms with E-state index in [4.69, 9.17) is 21.3 Å². The highest BCUT2D eigenvalue weighted by molar-refractivity contribution is 6.33. The van der Waals surface area contributed by atoms with E-state index in [-0.39, 0.29) is 59.6 Å². The predicted molar refractivity (Wildman–Crippen MR) is 176 cm³/mol. The third-order valence-corrected chi connectivity index (χ3v) is 9.61. The Labute approximate surface area is 287 Å². The van der Waals surface area contributed by atoms with Gasteiger partial charge in [0.2, 0.25) is 11.7 Å². The zero-order chi connectivity index (χ0) is 35.3. The topological polar surface area (TPSA) is 147 Å². The monoisotopic (exact) mass is 712 g/mol. The Kier molecular flexibility index (Phi) is 8.76. The number of pyridine rings is 1. The lowest BCUT2D eigenvalue weighted by Crippen LogP contribution is -2.57. The summed E-state index contributed by atoms with van der Waals surface area (Å²) in [6.07, 6.45) is 0.879. The summed E-state index contributed by atoms with van der Waals surface area (Å²) in [4.78, 5) is 53.8. The Hall–Kier alpha value is -4.96. The first-order valence-electron chi connectivity index (χ1n) is 16.1. The number of halogens is 4. The number of aromatic nitrogens is 5. The van der Waals surface area contributed by atoms with Gasteiger partial charge < -0.3 is 29.5 Å². The van der Waals surface area contributed by atoms with Crippen LogP contribution >= 0.6 is 11.6 Å². The molecule has 2 N–H and O–H groups in total. The van der Waals surface area contributed by atoms with Crippen LogP contribution in [0, 0.1) is 0 Å².